The van der Waals surface area contributed by atoms with Gasteiger partial charge in [0.15, 0.2) is 0 Å². The highest BCUT2D eigenvalue weighted by atomic mass is 14.7. The molecule has 74 valence electrons. The first kappa shape index (κ1) is 10.7. The molecule has 0 bridgehead atoms. The zero-order valence-corrected chi connectivity index (χ0v) is 9.33. The third-order valence-electron chi connectivity index (χ3n) is 1.99. The van der Waals surface area contributed by atoms with E-state index >= 15 is 0 Å². The molecule has 1 aromatic carbocycles. The van der Waals surface area contributed by atoms with Gasteiger partial charge in [-0.25, -0.2) is 0 Å². The highest BCUT2D eigenvalue weighted by Gasteiger charge is 1.94. The van der Waals surface area contributed by atoms with Crippen LogP contribution in [0.3, 0.4) is 0 Å². The number of benzene rings is 1. The lowest BCUT2D eigenvalue weighted by molar-refractivity contribution is 1.25. The molecule has 14 heavy (non-hydrogen) atoms. The lowest BCUT2D eigenvalue weighted by Crippen LogP contribution is -1.83. The van der Waals surface area contributed by atoms with Gasteiger partial charge in [0.2, 0.25) is 0 Å². The summed E-state index contributed by atoms with van der Waals surface area (Å²) in [7, 11) is 0. The summed E-state index contributed by atoms with van der Waals surface area (Å²) < 4.78 is 0. The van der Waals surface area contributed by atoms with Crippen molar-refractivity contribution >= 4 is 10.9 Å². The molecule has 1 nitrogen and oxygen atoms in total. The third kappa shape index (κ3) is 2.32. The molecule has 0 radical (unpaired) electrons. The van der Waals surface area contributed by atoms with Crippen LogP contribution < -0.4 is 0 Å². The van der Waals surface area contributed by atoms with E-state index in [0.29, 0.717) is 0 Å². The minimum absolute atomic E-state index is 1.08. The first-order valence-electron chi connectivity index (χ1n) is 5.10. The highest BCUT2D eigenvalue weighted by Crippen LogP contribution is 2.13. The van der Waals surface area contributed by atoms with E-state index in [2.05, 4.69) is 36.2 Å². The van der Waals surface area contributed by atoms with Crippen molar-refractivity contribution in [2.24, 2.45) is 0 Å². The number of hydrogen-bond donors (Lipinski definition) is 0. The van der Waals surface area contributed by atoms with Crippen molar-refractivity contribution in [3.63, 3.8) is 0 Å². The SMILES string of the molecule is CC.Cc1ccc2ccc(C)nc2c1. The number of aromatic nitrogens is 1. The monoisotopic (exact) mass is 187 g/mol. The predicted molar refractivity (Wildman–Crippen MR) is 62.6 cm³/mol. The first-order chi connectivity index (χ1) is 6.75. The Hall–Kier alpha value is -1.37. The van der Waals surface area contributed by atoms with Crippen LogP contribution in [-0.2, 0) is 0 Å². The average molecular weight is 187 g/mol. The van der Waals surface area contributed by atoms with Gasteiger partial charge in [-0.2, -0.15) is 0 Å². The Morgan fingerprint density at radius 2 is 1.57 bits per heavy atom. The molecule has 0 N–H and O–H groups in total. The molecule has 0 atom stereocenters. The van der Waals surface area contributed by atoms with Crippen LogP contribution in [-0.4, -0.2) is 4.98 Å². The van der Waals surface area contributed by atoms with E-state index in [-0.39, 0.29) is 0 Å². The van der Waals surface area contributed by atoms with Gasteiger partial charge in [0, 0.05) is 11.1 Å². The number of hydrogen-bond acceptors (Lipinski definition) is 1. The molecule has 0 spiro atoms. The molecule has 1 heteroatoms. The van der Waals surface area contributed by atoms with Gasteiger partial charge in [-0.1, -0.05) is 32.0 Å². The zero-order valence-electron chi connectivity index (χ0n) is 9.33. The molecule has 0 aliphatic carbocycles. The Morgan fingerprint density at radius 3 is 2.29 bits per heavy atom. The summed E-state index contributed by atoms with van der Waals surface area (Å²) >= 11 is 0. The smallest absolute Gasteiger partial charge is 0.0707 e. The summed E-state index contributed by atoms with van der Waals surface area (Å²) in [5.74, 6) is 0. The molecule has 0 fully saturated rings. The van der Waals surface area contributed by atoms with Gasteiger partial charge in [-0.05, 0) is 31.5 Å². The van der Waals surface area contributed by atoms with Crippen molar-refractivity contribution in [1.29, 1.82) is 0 Å². The van der Waals surface area contributed by atoms with Crippen LogP contribution in [0.1, 0.15) is 25.1 Å². The first-order valence-corrected chi connectivity index (χ1v) is 5.10. The van der Waals surface area contributed by atoms with Crippen molar-refractivity contribution in [1.82, 2.24) is 4.98 Å². The van der Waals surface area contributed by atoms with E-state index in [1.54, 1.807) is 0 Å². The van der Waals surface area contributed by atoms with Crippen LogP contribution in [0.2, 0.25) is 0 Å². The molecular formula is C13H17N. The van der Waals surface area contributed by atoms with Crippen LogP contribution in [0.5, 0.6) is 0 Å². The summed E-state index contributed by atoms with van der Waals surface area (Å²) in [6, 6.07) is 10.5. The normalized spacial score (nSPS) is 9.43. The van der Waals surface area contributed by atoms with E-state index in [0.717, 1.165) is 11.2 Å². The minimum atomic E-state index is 1.08. The lowest BCUT2D eigenvalue weighted by Gasteiger charge is -1.99. The van der Waals surface area contributed by atoms with Gasteiger partial charge < -0.3 is 0 Å². The van der Waals surface area contributed by atoms with Crippen LogP contribution in [0.4, 0.5) is 0 Å². The predicted octanol–water partition coefficient (Wildman–Crippen LogP) is 3.88. The maximum atomic E-state index is 4.44. The van der Waals surface area contributed by atoms with Crippen LogP contribution >= 0.6 is 0 Å². The Kier molecular flexibility index (Phi) is 3.63. The topological polar surface area (TPSA) is 12.9 Å². The summed E-state index contributed by atoms with van der Waals surface area (Å²) in [5.41, 5.74) is 3.43. The molecule has 0 saturated heterocycles. The second kappa shape index (κ2) is 4.75. The van der Waals surface area contributed by atoms with Crippen LogP contribution in [0.25, 0.3) is 10.9 Å². The molecule has 0 aliphatic heterocycles. The maximum Gasteiger partial charge on any atom is 0.0707 e. The van der Waals surface area contributed by atoms with Gasteiger partial charge in [0.05, 0.1) is 5.52 Å². The fourth-order valence-corrected chi connectivity index (χ4v) is 1.33. The van der Waals surface area contributed by atoms with Gasteiger partial charge in [0.25, 0.3) is 0 Å². The average Bonchev–Trinajstić information content (AvgIpc) is 2.20. The number of aryl methyl sites for hydroxylation is 2. The fourth-order valence-electron chi connectivity index (χ4n) is 1.33. The van der Waals surface area contributed by atoms with Gasteiger partial charge in [0.1, 0.15) is 0 Å². The van der Waals surface area contributed by atoms with Crippen molar-refractivity contribution < 1.29 is 0 Å². The molecule has 2 rings (SSSR count). The molecule has 0 unspecified atom stereocenters. The quantitative estimate of drug-likeness (QED) is 0.610. The molecule has 0 saturated carbocycles. The molecule has 0 aliphatic rings. The Balaban J connectivity index is 0.000000461. The molecule has 0 amide bonds. The Bertz CT molecular complexity index is 382. The maximum absolute atomic E-state index is 4.44. The summed E-state index contributed by atoms with van der Waals surface area (Å²) in [6.07, 6.45) is 0. The number of rotatable bonds is 0. The van der Waals surface area contributed by atoms with Crippen molar-refractivity contribution in [2.75, 3.05) is 0 Å². The van der Waals surface area contributed by atoms with E-state index in [1.807, 2.05) is 26.8 Å². The number of nitrogens with zero attached hydrogens (tertiary/aromatic N) is 1. The van der Waals surface area contributed by atoms with E-state index in [4.69, 9.17) is 0 Å². The van der Waals surface area contributed by atoms with E-state index in [1.165, 1.54) is 10.9 Å². The summed E-state index contributed by atoms with van der Waals surface area (Å²) in [6.45, 7) is 8.10. The highest BCUT2D eigenvalue weighted by molar-refractivity contribution is 5.79. The zero-order chi connectivity index (χ0) is 10.6. The Labute approximate surface area is 85.8 Å². The molecule has 2 aromatic rings. The summed E-state index contributed by atoms with van der Waals surface area (Å²) in [4.78, 5) is 4.44. The fraction of sp³-hybridized carbons (Fsp3) is 0.308. The minimum Gasteiger partial charge on any atom is -0.253 e. The largest absolute Gasteiger partial charge is 0.253 e. The number of fused-ring (bicyclic) bond motifs is 1. The van der Waals surface area contributed by atoms with Crippen LogP contribution in [0.15, 0.2) is 30.3 Å². The molecule has 1 aromatic heterocycles. The second-order valence-electron chi connectivity index (χ2n) is 3.15. The summed E-state index contributed by atoms with van der Waals surface area (Å²) in [5, 5.41) is 1.21. The lowest BCUT2D eigenvalue weighted by atomic mass is 10.1. The second-order valence-corrected chi connectivity index (χ2v) is 3.15. The Morgan fingerprint density at radius 1 is 0.929 bits per heavy atom. The molecule has 1 heterocycles. The van der Waals surface area contributed by atoms with Gasteiger partial charge >= 0.3 is 0 Å². The van der Waals surface area contributed by atoms with Crippen molar-refractivity contribution in [3.8, 4) is 0 Å². The van der Waals surface area contributed by atoms with Crippen molar-refractivity contribution in [3.05, 3.63) is 41.6 Å². The van der Waals surface area contributed by atoms with E-state index < -0.39 is 0 Å². The van der Waals surface area contributed by atoms with Gasteiger partial charge in [-0.15, -0.1) is 0 Å². The standard InChI is InChI=1S/C11H11N.C2H6/c1-8-3-5-10-6-4-9(2)12-11(10)7-8;1-2/h3-7H,1-2H3;1-2H3. The third-order valence-corrected chi connectivity index (χ3v) is 1.99. The molecular weight excluding hydrogens is 170 g/mol. The van der Waals surface area contributed by atoms with Gasteiger partial charge in [-0.3, -0.25) is 4.98 Å². The van der Waals surface area contributed by atoms with E-state index in [9.17, 15) is 0 Å². The van der Waals surface area contributed by atoms with Crippen LogP contribution in [0, 0.1) is 13.8 Å². The number of pyridine rings is 1. The van der Waals surface area contributed by atoms with Crippen molar-refractivity contribution in [2.45, 2.75) is 27.7 Å².